The number of hydrogen-bond donors (Lipinski definition) is 2. The molecule has 0 saturated heterocycles. The lowest BCUT2D eigenvalue weighted by Gasteiger charge is -2.44. The van der Waals surface area contributed by atoms with Gasteiger partial charge in [-0.25, -0.2) is 0 Å². The zero-order chi connectivity index (χ0) is 13.0. The fraction of sp³-hybridized carbons (Fsp3) is 1.00. The van der Waals surface area contributed by atoms with Crippen molar-refractivity contribution in [3.8, 4) is 0 Å². The molecule has 5 atom stereocenters. The lowest BCUT2D eigenvalue weighted by atomic mass is 9.67. The van der Waals surface area contributed by atoms with Crippen LogP contribution in [0.25, 0.3) is 0 Å². The van der Waals surface area contributed by atoms with E-state index in [1.165, 1.54) is 38.5 Å². The maximum Gasteiger partial charge on any atom is 0.0736 e. The van der Waals surface area contributed by atoms with Crippen molar-refractivity contribution < 1.29 is 10.2 Å². The Morgan fingerprint density at radius 3 is 2.22 bits per heavy atom. The predicted octanol–water partition coefficient (Wildman–Crippen LogP) is 3.11. The van der Waals surface area contributed by atoms with Crippen molar-refractivity contribution >= 4 is 0 Å². The summed E-state index contributed by atoms with van der Waals surface area (Å²) in [7, 11) is 0. The summed E-state index contributed by atoms with van der Waals surface area (Å²) < 4.78 is 0. The van der Waals surface area contributed by atoms with Crippen molar-refractivity contribution in [1.82, 2.24) is 0 Å². The van der Waals surface area contributed by atoms with Crippen LogP contribution < -0.4 is 0 Å². The van der Waals surface area contributed by atoms with Gasteiger partial charge < -0.3 is 10.2 Å². The molecule has 0 amide bonds. The molecule has 0 aromatic rings. The molecule has 3 fully saturated rings. The molecule has 2 heteroatoms. The molecule has 2 N–H and O–H groups in total. The largest absolute Gasteiger partial charge is 0.390 e. The van der Waals surface area contributed by atoms with Gasteiger partial charge in [-0.2, -0.15) is 0 Å². The van der Waals surface area contributed by atoms with E-state index >= 15 is 0 Å². The molecule has 0 bridgehead atoms. The third kappa shape index (κ3) is 1.76. The monoisotopic (exact) mass is 252 g/mol. The molecule has 0 radical (unpaired) electrons. The molecule has 0 aliphatic heterocycles. The number of rotatable bonds is 1. The van der Waals surface area contributed by atoms with Crippen molar-refractivity contribution in [1.29, 1.82) is 0 Å². The lowest BCUT2D eigenvalue weighted by Crippen LogP contribution is -2.51. The van der Waals surface area contributed by atoms with Crippen LogP contribution in [0.2, 0.25) is 0 Å². The highest BCUT2D eigenvalue weighted by Gasteiger charge is 2.63. The van der Waals surface area contributed by atoms with Crippen molar-refractivity contribution in [3.63, 3.8) is 0 Å². The van der Waals surface area contributed by atoms with E-state index in [0.29, 0.717) is 17.8 Å². The highest BCUT2D eigenvalue weighted by molar-refractivity contribution is 5.12. The maximum atomic E-state index is 11.3. The van der Waals surface area contributed by atoms with Crippen molar-refractivity contribution in [2.45, 2.75) is 76.4 Å². The Morgan fingerprint density at radius 1 is 0.944 bits per heavy atom. The fourth-order valence-electron chi connectivity index (χ4n) is 5.79. The van der Waals surface area contributed by atoms with Crippen LogP contribution >= 0.6 is 0 Å². The zero-order valence-corrected chi connectivity index (χ0v) is 11.9. The summed E-state index contributed by atoms with van der Waals surface area (Å²) in [4.78, 5) is 0. The van der Waals surface area contributed by atoms with Crippen LogP contribution in [0.4, 0.5) is 0 Å². The molecule has 18 heavy (non-hydrogen) atoms. The molecule has 0 heterocycles. The predicted molar refractivity (Wildman–Crippen MR) is 72.1 cm³/mol. The SMILES string of the molecule is CC(C)(O)C1C2CCCCC2C2CCCCC21O. The van der Waals surface area contributed by atoms with E-state index in [-0.39, 0.29) is 5.92 Å². The van der Waals surface area contributed by atoms with Crippen LogP contribution in [0.5, 0.6) is 0 Å². The first-order chi connectivity index (χ1) is 8.44. The minimum Gasteiger partial charge on any atom is -0.390 e. The van der Waals surface area contributed by atoms with Gasteiger partial charge >= 0.3 is 0 Å². The molecule has 3 aliphatic rings. The second kappa shape index (κ2) is 4.21. The first-order valence-electron chi connectivity index (χ1n) is 7.89. The molecule has 5 unspecified atom stereocenters. The average Bonchev–Trinajstić information content (AvgIpc) is 2.56. The first kappa shape index (κ1) is 12.9. The lowest BCUT2D eigenvalue weighted by molar-refractivity contribution is -0.136. The van der Waals surface area contributed by atoms with Crippen molar-refractivity contribution in [3.05, 3.63) is 0 Å². The van der Waals surface area contributed by atoms with Crippen molar-refractivity contribution in [2.24, 2.45) is 23.7 Å². The summed E-state index contributed by atoms with van der Waals surface area (Å²) in [6.45, 7) is 3.83. The van der Waals surface area contributed by atoms with Crippen LogP contribution in [-0.2, 0) is 0 Å². The van der Waals surface area contributed by atoms with E-state index in [4.69, 9.17) is 0 Å². The normalized spacial score (nSPS) is 48.7. The van der Waals surface area contributed by atoms with Crippen LogP contribution in [0.1, 0.15) is 65.2 Å². The Hall–Kier alpha value is -0.0800. The summed E-state index contributed by atoms with van der Waals surface area (Å²) in [5.41, 5.74) is -1.31. The third-order valence-electron chi connectivity index (χ3n) is 6.10. The van der Waals surface area contributed by atoms with E-state index in [1.54, 1.807) is 0 Å². The van der Waals surface area contributed by atoms with Gasteiger partial charge in [-0.05, 0) is 57.3 Å². The van der Waals surface area contributed by atoms with Gasteiger partial charge in [-0.3, -0.25) is 0 Å². The van der Waals surface area contributed by atoms with E-state index < -0.39 is 11.2 Å². The van der Waals surface area contributed by atoms with E-state index in [0.717, 1.165) is 12.8 Å². The van der Waals surface area contributed by atoms with Crippen molar-refractivity contribution in [2.75, 3.05) is 0 Å². The molecule has 0 aromatic heterocycles. The highest BCUT2D eigenvalue weighted by atomic mass is 16.3. The third-order valence-corrected chi connectivity index (χ3v) is 6.10. The molecule has 0 aromatic carbocycles. The summed E-state index contributed by atoms with van der Waals surface area (Å²) in [5, 5.41) is 21.9. The van der Waals surface area contributed by atoms with E-state index in [9.17, 15) is 10.2 Å². The second-order valence-electron chi connectivity index (χ2n) is 7.59. The molecule has 3 aliphatic carbocycles. The van der Waals surface area contributed by atoms with Crippen LogP contribution in [0.3, 0.4) is 0 Å². The topological polar surface area (TPSA) is 40.5 Å². The van der Waals surface area contributed by atoms with Gasteiger partial charge in [0.15, 0.2) is 0 Å². The zero-order valence-electron chi connectivity index (χ0n) is 11.9. The first-order valence-corrected chi connectivity index (χ1v) is 7.89. The highest BCUT2D eigenvalue weighted by Crippen LogP contribution is 2.61. The van der Waals surface area contributed by atoms with Gasteiger partial charge in [-0.15, -0.1) is 0 Å². The summed E-state index contributed by atoms with van der Waals surface area (Å²) >= 11 is 0. The van der Waals surface area contributed by atoms with Gasteiger partial charge in [0.25, 0.3) is 0 Å². The summed E-state index contributed by atoms with van der Waals surface area (Å²) in [6.07, 6.45) is 9.63. The van der Waals surface area contributed by atoms with Gasteiger partial charge in [-0.1, -0.05) is 25.7 Å². The number of hydrogen-bond acceptors (Lipinski definition) is 2. The fourth-order valence-corrected chi connectivity index (χ4v) is 5.79. The second-order valence-corrected chi connectivity index (χ2v) is 7.59. The summed E-state index contributed by atoms with van der Waals surface area (Å²) in [6, 6.07) is 0. The average molecular weight is 252 g/mol. The van der Waals surface area contributed by atoms with Gasteiger partial charge in [0.05, 0.1) is 11.2 Å². The molecule has 0 spiro atoms. The van der Waals surface area contributed by atoms with Crippen LogP contribution in [-0.4, -0.2) is 21.4 Å². The molecule has 2 nitrogen and oxygen atoms in total. The van der Waals surface area contributed by atoms with Crippen LogP contribution in [0.15, 0.2) is 0 Å². The molecular weight excluding hydrogens is 224 g/mol. The van der Waals surface area contributed by atoms with Gasteiger partial charge in [0.1, 0.15) is 0 Å². The summed E-state index contributed by atoms with van der Waals surface area (Å²) in [5.74, 6) is 1.81. The molecule has 3 rings (SSSR count). The minimum atomic E-state index is -0.735. The van der Waals surface area contributed by atoms with Gasteiger partial charge in [0, 0.05) is 5.92 Å². The van der Waals surface area contributed by atoms with E-state index in [2.05, 4.69) is 0 Å². The quantitative estimate of drug-likeness (QED) is 0.753. The minimum absolute atomic E-state index is 0.0978. The van der Waals surface area contributed by atoms with E-state index in [1.807, 2.05) is 13.8 Å². The smallest absolute Gasteiger partial charge is 0.0736 e. The Balaban J connectivity index is 1.99. The Bertz CT molecular complexity index is 320. The molecular formula is C16H28O2. The number of fused-ring (bicyclic) bond motifs is 3. The Kier molecular flexibility index (Phi) is 3.02. The maximum absolute atomic E-state index is 11.3. The number of aliphatic hydroxyl groups is 2. The molecule has 3 saturated carbocycles. The Labute approximate surface area is 111 Å². The molecule has 104 valence electrons. The standard InChI is InChI=1S/C16H28O2/c1-15(2,17)14-12-8-4-3-7-11(12)13-9-5-6-10-16(13,14)18/h11-14,17-18H,3-10H2,1-2H3. The Morgan fingerprint density at radius 2 is 1.56 bits per heavy atom. The van der Waals surface area contributed by atoms with Gasteiger partial charge in [0.2, 0.25) is 0 Å². The van der Waals surface area contributed by atoms with Crippen LogP contribution in [0, 0.1) is 23.7 Å².